The highest BCUT2D eigenvalue weighted by Gasteiger charge is 2.23. The summed E-state index contributed by atoms with van der Waals surface area (Å²) in [5, 5.41) is 10.8. The number of ether oxygens (including phenoxy) is 1. The Balaban J connectivity index is 1.15. The van der Waals surface area contributed by atoms with Crippen molar-refractivity contribution >= 4 is 17.4 Å². The number of halogens is 1. The van der Waals surface area contributed by atoms with Crippen molar-refractivity contribution in [1.82, 2.24) is 20.2 Å². The maximum atomic E-state index is 15.0. The molecule has 1 aromatic carbocycles. The maximum Gasteiger partial charge on any atom is 0.260 e. The molecule has 0 aliphatic carbocycles. The van der Waals surface area contributed by atoms with Gasteiger partial charge in [-0.1, -0.05) is 22.4 Å². The van der Waals surface area contributed by atoms with E-state index in [2.05, 4.69) is 20.6 Å². The number of hydrogen-bond acceptors (Lipinski definition) is 9. The number of anilines is 2. The zero-order chi connectivity index (χ0) is 24.0. The van der Waals surface area contributed by atoms with Gasteiger partial charge in [0.05, 0.1) is 12.2 Å². The van der Waals surface area contributed by atoms with E-state index in [0.29, 0.717) is 67.1 Å². The van der Waals surface area contributed by atoms with Crippen molar-refractivity contribution in [3.05, 3.63) is 72.6 Å². The van der Waals surface area contributed by atoms with Crippen molar-refractivity contribution in [2.45, 2.75) is 6.54 Å². The number of aromatic nitrogens is 3. The van der Waals surface area contributed by atoms with E-state index in [1.165, 1.54) is 12.3 Å². The molecule has 0 spiro atoms. The van der Waals surface area contributed by atoms with E-state index in [9.17, 15) is 9.18 Å². The van der Waals surface area contributed by atoms with Crippen LogP contribution in [-0.2, 0) is 11.3 Å². The Bertz CT molecular complexity index is 1260. The van der Waals surface area contributed by atoms with Crippen LogP contribution in [0.25, 0.3) is 11.3 Å². The normalized spacial score (nSPS) is 13.6. The van der Waals surface area contributed by atoms with E-state index in [4.69, 9.17) is 13.8 Å². The van der Waals surface area contributed by atoms with E-state index in [1.54, 1.807) is 47.5 Å². The second kappa shape index (κ2) is 10.2. The summed E-state index contributed by atoms with van der Waals surface area (Å²) in [6, 6.07) is 13.7. The molecule has 4 aromatic rings. The monoisotopic (exact) mass is 478 g/mol. The lowest BCUT2D eigenvalue weighted by Gasteiger charge is -2.36. The number of hydrogen-bond donors (Lipinski definition) is 1. The van der Waals surface area contributed by atoms with Gasteiger partial charge in [0.15, 0.2) is 18.2 Å². The summed E-state index contributed by atoms with van der Waals surface area (Å²) in [6.45, 7) is 2.30. The standard InChI is InChI=1S/C24H23FN6O4/c25-19-13-17(20-14-18(35-28-20)15-27-22-6-12-34-29-22)4-5-21(19)30-8-10-31(11-9-30)24(32)16-33-23-3-1-2-7-26-23/h1-7,12-14H,8-11,15-16H2,(H,27,29). The first-order valence-electron chi connectivity index (χ1n) is 11.1. The van der Waals surface area contributed by atoms with Crippen molar-refractivity contribution in [3.8, 4) is 17.1 Å². The third kappa shape index (κ3) is 5.40. The van der Waals surface area contributed by atoms with E-state index < -0.39 is 0 Å². The van der Waals surface area contributed by atoms with Crippen LogP contribution in [0.15, 0.2) is 70.0 Å². The van der Waals surface area contributed by atoms with Crippen molar-refractivity contribution in [3.63, 3.8) is 0 Å². The molecule has 11 heteroatoms. The van der Waals surface area contributed by atoms with Gasteiger partial charge in [0.25, 0.3) is 5.91 Å². The van der Waals surface area contributed by atoms with Gasteiger partial charge in [-0.25, -0.2) is 9.37 Å². The fourth-order valence-electron chi connectivity index (χ4n) is 3.79. The molecular weight excluding hydrogens is 455 g/mol. The summed E-state index contributed by atoms with van der Waals surface area (Å²) in [7, 11) is 0. The van der Waals surface area contributed by atoms with Crippen LogP contribution in [0.1, 0.15) is 5.76 Å². The minimum atomic E-state index is -0.356. The third-order valence-corrected chi connectivity index (χ3v) is 5.64. The van der Waals surface area contributed by atoms with Crippen LogP contribution < -0.4 is 15.0 Å². The molecule has 35 heavy (non-hydrogen) atoms. The zero-order valence-corrected chi connectivity index (χ0v) is 18.8. The molecular formula is C24H23FN6O4. The Morgan fingerprint density at radius 2 is 1.97 bits per heavy atom. The molecule has 0 saturated carbocycles. The Morgan fingerprint density at radius 1 is 1.09 bits per heavy atom. The summed E-state index contributed by atoms with van der Waals surface area (Å²) in [6.07, 6.45) is 3.08. The quantitative estimate of drug-likeness (QED) is 0.408. The Kier molecular flexibility index (Phi) is 6.55. The van der Waals surface area contributed by atoms with E-state index in [0.717, 1.165) is 0 Å². The largest absolute Gasteiger partial charge is 0.468 e. The molecule has 0 atom stereocenters. The van der Waals surface area contributed by atoms with Crippen molar-refractivity contribution in [2.24, 2.45) is 0 Å². The average Bonchev–Trinajstić information content (AvgIpc) is 3.59. The summed E-state index contributed by atoms with van der Waals surface area (Å²) in [5.41, 5.74) is 1.64. The van der Waals surface area contributed by atoms with E-state index >= 15 is 0 Å². The van der Waals surface area contributed by atoms with Crippen LogP contribution in [0.3, 0.4) is 0 Å². The first-order chi connectivity index (χ1) is 17.2. The minimum absolute atomic E-state index is 0.0755. The first kappa shape index (κ1) is 22.4. The molecule has 4 heterocycles. The second-order valence-corrected chi connectivity index (χ2v) is 7.91. The number of benzene rings is 1. The summed E-state index contributed by atoms with van der Waals surface area (Å²) in [5.74, 6) is 1.10. The van der Waals surface area contributed by atoms with Gasteiger partial charge in [0.2, 0.25) is 5.88 Å². The molecule has 10 nitrogen and oxygen atoms in total. The van der Waals surface area contributed by atoms with E-state index in [1.807, 2.05) is 11.0 Å². The summed E-state index contributed by atoms with van der Waals surface area (Å²) < 4.78 is 30.5. The number of amides is 1. The molecule has 0 bridgehead atoms. The van der Waals surface area contributed by atoms with Crippen LogP contribution in [0.5, 0.6) is 5.88 Å². The van der Waals surface area contributed by atoms with Gasteiger partial charge < -0.3 is 28.9 Å². The van der Waals surface area contributed by atoms with Gasteiger partial charge in [-0.05, 0) is 18.2 Å². The van der Waals surface area contributed by atoms with Crippen LogP contribution in [0.2, 0.25) is 0 Å². The highest BCUT2D eigenvalue weighted by Crippen LogP contribution is 2.27. The lowest BCUT2D eigenvalue weighted by molar-refractivity contribution is -0.133. The second-order valence-electron chi connectivity index (χ2n) is 7.91. The fourth-order valence-corrected chi connectivity index (χ4v) is 3.79. The van der Waals surface area contributed by atoms with Gasteiger partial charge in [0.1, 0.15) is 17.8 Å². The van der Waals surface area contributed by atoms with E-state index in [-0.39, 0.29) is 18.3 Å². The topological polar surface area (TPSA) is 110 Å². The van der Waals surface area contributed by atoms with Gasteiger partial charge in [-0.2, -0.15) is 0 Å². The van der Waals surface area contributed by atoms with Gasteiger partial charge in [-0.3, -0.25) is 4.79 Å². The van der Waals surface area contributed by atoms with Crippen LogP contribution >= 0.6 is 0 Å². The van der Waals surface area contributed by atoms with Crippen molar-refractivity contribution in [2.75, 3.05) is 43.0 Å². The summed E-state index contributed by atoms with van der Waals surface area (Å²) in [4.78, 5) is 20.1. The number of rotatable bonds is 8. The number of nitrogens with one attached hydrogen (secondary N) is 1. The lowest BCUT2D eigenvalue weighted by Crippen LogP contribution is -2.50. The fraction of sp³-hybridized carbons (Fsp3) is 0.250. The number of nitrogens with zero attached hydrogens (tertiary/aromatic N) is 5. The molecule has 0 unspecified atom stereocenters. The smallest absolute Gasteiger partial charge is 0.260 e. The third-order valence-electron chi connectivity index (χ3n) is 5.64. The molecule has 1 aliphatic rings. The average molecular weight is 478 g/mol. The van der Waals surface area contributed by atoms with Crippen LogP contribution in [0.4, 0.5) is 15.9 Å². The summed E-state index contributed by atoms with van der Waals surface area (Å²) >= 11 is 0. The predicted octanol–water partition coefficient (Wildman–Crippen LogP) is 3.20. The number of carbonyl (C=O) groups is 1. The van der Waals surface area contributed by atoms with Gasteiger partial charge in [0, 0.05) is 56.1 Å². The highest BCUT2D eigenvalue weighted by molar-refractivity contribution is 5.78. The van der Waals surface area contributed by atoms with Crippen LogP contribution in [-0.4, -0.2) is 58.9 Å². The first-order valence-corrected chi connectivity index (χ1v) is 11.1. The molecule has 1 fully saturated rings. The number of piperazine rings is 1. The number of pyridine rings is 1. The predicted molar refractivity (Wildman–Crippen MR) is 124 cm³/mol. The molecule has 1 N–H and O–H groups in total. The SMILES string of the molecule is O=C(COc1ccccn1)N1CCN(c2ccc(-c3cc(CNc4ccon4)on3)cc2F)CC1. The molecule has 180 valence electrons. The molecule has 1 aliphatic heterocycles. The Labute approximate surface area is 200 Å². The molecule has 1 amide bonds. The lowest BCUT2D eigenvalue weighted by atomic mass is 10.1. The Morgan fingerprint density at radius 3 is 2.71 bits per heavy atom. The molecule has 0 radical (unpaired) electrons. The van der Waals surface area contributed by atoms with Crippen molar-refractivity contribution < 1.29 is 23.0 Å². The molecule has 3 aromatic heterocycles. The van der Waals surface area contributed by atoms with Gasteiger partial charge in [-0.15, -0.1) is 0 Å². The Hall–Kier alpha value is -4.41. The van der Waals surface area contributed by atoms with Gasteiger partial charge >= 0.3 is 0 Å². The zero-order valence-electron chi connectivity index (χ0n) is 18.8. The van der Waals surface area contributed by atoms with Crippen LogP contribution in [0, 0.1) is 5.82 Å². The molecule has 1 saturated heterocycles. The minimum Gasteiger partial charge on any atom is -0.468 e. The van der Waals surface area contributed by atoms with Crippen molar-refractivity contribution in [1.29, 1.82) is 0 Å². The number of carbonyl (C=O) groups excluding carboxylic acids is 1. The highest BCUT2D eigenvalue weighted by atomic mass is 19.1. The maximum absolute atomic E-state index is 15.0. The molecule has 5 rings (SSSR count).